The Kier molecular flexibility index (Phi) is 12.8. The highest BCUT2D eigenvalue weighted by Crippen LogP contribution is 2.34. The molecule has 0 saturated carbocycles. The molecule has 236 valence electrons. The largest absolute Gasteiger partial charge is 0.508 e. The Morgan fingerprint density at radius 2 is 1.72 bits per heavy atom. The number of phenols is 1. The first kappa shape index (κ1) is 34.3. The fourth-order valence-electron chi connectivity index (χ4n) is 4.75. The van der Waals surface area contributed by atoms with Crippen LogP contribution in [0.5, 0.6) is 5.75 Å². The Morgan fingerprint density at radius 3 is 2.30 bits per heavy atom. The quantitative estimate of drug-likeness (QED) is 0.132. The number of hydrogen-bond acceptors (Lipinski definition) is 11. The highest BCUT2D eigenvalue weighted by Gasteiger charge is 2.56. The number of benzene rings is 2. The number of carbonyl (C=O) groups excluding carboxylic acids is 3. The molecule has 13 heteroatoms. The second kappa shape index (κ2) is 16.0. The maximum atomic E-state index is 12.8. The van der Waals surface area contributed by atoms with Gasteiger partial charge < -0.3 is 45.3 Å². The summed E-state index contributed by atoms with van der Waals surface area (Å²) in [6, 6.07) is 12.0. The summed E-state index contributed by atoms with van der Waals surface area (Å²) < 4.78 is 16.6. The van der Waals surface area contributed by atoms with E-state index in [4.69, 9.17) is 14.2 Å². The first-order valence-corrected chi connectivity index (χ1v) is 15.1. The molecule has 0 bridgehead atoms. The van der Waals surface area contributed by atoms with Gasteiger partial charge in [0.15, 0.2) is 0 Å². The fourth-order valence-corrected chi connectivity index (χ4v) is 5.36. The minimum Gasteiger partial charge on any atom is -0.508 e. The van der Waals surface area contributed by atoms with E-state index in [1.165, 1.54) is 6.92 Å². The van der Waals surface area contributed by atoms with E-state index in [1.807, 2.05) is 6.92 Å². The lowest BCUT2D eigenvalue weighted by atomic mass is 9.88. The number of aromatic hydroxyl groups is 1. The number of aliphatic hydroxyl groups excluding tert-OH is 3. The van der Waals surface area contributed by atoms with Crippen molar-refractivity contribution in [1.29, 1.82) is 0 Å². The van der Waals surface area contributed by atoms with E-state index in [0.717, 1.165) is 29.7 Å². The number of ether oxygens (including phenoxy) is 3. The van der Waals surface area contributed by atoms with Gasteiger partial charge in [0.2, 0.25) is 5.91 Å². The first-order valence-electron chi connectivity index (χ1n) is 14.0. The third-order valence-corrected chi connectivity index (χ3v) is 7.95. The molecule has 2 aromatic rings. The summed E-state index contributed by atoms with van der Waals surface area (Å²) in [5.74, 6) is -2.28. The number of nitrogens with one attached hydrogen (secondary N) is 2. The van der Waals surface area contributed by atoms with Crippen LogP contribution in [0.2, 0.25) is 0 Å². The average molecular weight is 621 g/mol. The molecular weight excluding hydrogens is 580 g/mol. The van der Waals surface area contributed by atoms with Gasteiger partial charge in [0.1, 0.15) is 18.0 Å². The van der Waals surface area contributed by atoms with Crippen molar-refractivity contribution in [3.8, 4) is 16.9 Å². The molecular formula is C30H40N2O10S. The predicted molar refractivity (Wildman–Crippen MR) is 159 cm³/mol. The lowest BCUT2D eigenvalue weighted by Crippen LogP contribution is -2.68. The van der Waals surface area contributed by atoms with E-state index in [1.54, 1.807) is 60.3 Å². The molecule has 2 amide bonds. The number of hydrogen-bond donors (Lipinski definition) is 6. The molecule has 1 aliphatic rings. The molecule has 1 aliphatic heterocycles. The molecule has 1 unspecified atom stereocenters. The van der Waals surface area contributed by atoms with Gasteiger partial charge in [0.25, 0.3) is 11.7 Å². The van der Waals surface area contributed by atoms with Crippen molar-refractivity contribution in [2.45, 2.75) is 62.9 Å². The van der Waals surface area contributed by atoms with Gasteiger partial charge in [0.05, 0.1) is 32.0 Å². The molecule has 0 aliphatic carbocycles. The van der Waals surface area contributed by atoms with Crippen LogP contribution >= 0.6 is 11.8 Å². The molecule has 1 heterocycles. The highest BCUT2D eigenvalue weighted by atomic mass is 32.2. The summed E-state index contributed by atoms with van der Waals surface area (Å²) >= 11 is 1.68. The van der Waals surface area contributed by atoms with Crippen molar-refractivity contribution in [1.82, 2.24) is 10.6 Å². The minimum absolute atomic E-state index is 0.0899. The Hall–Kier alpha value is -3.20. The van der Waals surface area contributed by atoms with Gasteiger partial charge in [-0.25, -0.2) is 4.79 Å². The Balaban J connectivity index is 1.71. The number of aliphatic hydroxyl groups is 3. The Morgan fingerprint density at radius 1 is 1.09 bits per heavy atom. The summed E-state index contributed by atoms with van der Waals surface area (Å²) in [5, 5.41) is 47.5. The Labute approximate surface area is 254 Å². The van der Waals surface area contributed by atoms with E-state index < -0.39 is 60.6 Å². The van der Waals surface area contributed by atoms with Crippen LogP contribution < -0.4 is 10.6 Å². The SMILES string of the molecule is CCSCCCO[C@]1(C(=O)OC)C[C@H](O)[C@@H](NC(C)=O)[C@H]([C@H](O)C(O)CNC(=O)c2ccc(-c3ccc(O)cc3)cc2)O1. The zero-order chi connectivity index (χ0) is 31.6. The fraction of sp³-hybridized carbons (Fsp3) is 0.500. The number of esters is 1. The molecule has 12 nitrogen and oxygen atoms in total. The number of rotatable bonds is 14. The third-order valence-electron chi connectivity index (χ3n) is 6.96. The molecule has 43 heavy (non-hydrogen) atoms. The Bertz CT molecular complexity index is 1210. The maximum Gasteiger partial charge on any atom is 0.366 e. The lowest BCUT2D eigenvalue weighted by Gasteiger charge is -2.47. The van der Waals surface area contributed by atoms with Crippen LogP contribution in [0, 0.1) is 0 Å². The van der Waals surface area contributed by atoms with Gasteiger partial charge >= 0.3 is 5.97 Å². The van der Waals surface area contributed by atoms with Crippen molar-refractivity contribution in [2.75, 3.05) is 31.8 Å². The van der Waals surface area contributed by atoms with Crippen LogP contribution in [-0.2, 0) is 23.8 Å². The van der Waals surface area contributed by atoms with Crippen molar-refractivity contribution >= 4 is 29.5 Å². The lowest BCUT2D eigenvalue weighted by molar-refractivity contribution is -0.311. The standard InChI is InChI=1S/C30H40N2O10S/c1-4-43-15-5-14-41-30(29(39)40-3)16-23(35)25(32-18(2)33)27(42-30)26(37)24(36)17-31-28(38)21-8-6-19(7-9-21)20-10-12-22(34)13-11-20/h6-13,23-27,34-37H,4-5,14-17H2,1-3H3,(H,31,38)(H,32,33)/t23-,24?,25+,26+,27+,30+/m0/s1. The number of amides is 2. The second-order valence-corrected chi connectivity index (χ2v) is 11.5. The zero-order valence-electron chi connectivity index (χ0n) is 24.4. The molecule has 2 aromatic carbocycles. The summed E-state index contributed by atoms with van der Waals surface area (Å²) in [5.41, 5.74) is 1.96. The number of carbonyl (C=O) groups is 3. The molecule has 6 N–H and O–H groups in total. The van der Waals surface area contributed by atoms with Crippen LogP contribution in [0.25, 0.3) is 11.1 Å². The van der Waals surface area contributed by atoms with Crippen molar-refractivity contribution in [3.05, 3.63) is 54.1 Å². The minimum atomic E-state index is -2.09. The zero-order valence-corrected chi connectivity index (χ0v) is 25.2. The maximum absolute atomic E-state index is 12.8. The number of phenolic OH excluding ortho intramolecular Hbond substituents is 1. The molecule has 0 aromatic heterocycles. The third kappa shape index (κ3) is 9.15. The molecule has 6 atom stereocenters. The topological polar surface area (TPSA) is 184 Å². The average Bonchev–Trinajstić information content (AvgIpc) is 3.00. The summed E-state index contributed by atoms with van der Waals surface area (Å²) in [7, 11) is 1.13. The summed E-state index contributed by atoms with van der Waals surface area (Å²) in [6.07, 6.45) is -6.12. The van der Waals surface area contributed by atoms with Crippen LogP contribution in [0.1, 0.15) is 37.0 Å². The number of methoxy groups -OCH3 is 1. The van der Waals surface area contributed by atoms with Gasteiger partial charge in [-0.15, -0.1) is 0 Å². The molecule has 0 radical (unpaired) electrons. The van der Waals surface area contributed by atoms with Crippen molar-refractivity contribution < 1.29 is 49.0 Å². The van der Waals surface area contributed by atoms with Gasteiger partial charge in [-0.1, -0.05) is 31.2 Å². The molecule has 3 rings (SSSR count). The van der Waals surface area contributed by atoms with E-state index in [9.17, 15) is 34.8 Å². The smallest absolute Gasteiger partial charge is 0.366 e. The van der Waals surface area contributed by atoms with Gasteiger partial charge in [0, 0.05) is 25.5 Å². The van der Waals surface area contributed by atoms with Crippen LogP contribution in [0.3, 0.4) is 0 Å². The van der Waals surface area contributed by atoms with Crippen molar-refractivity contribution in [3.63, 3.8) is 0 Å². The van der Waals surface area contributed by atoms with E-state index in [-0.39, 0.29) is 18.8 Å². The molecule has 0 spiro atoms. The van der Waals surface area contributed by atoms with Gasteiger partial charge in [-0.3, -0.25) is 9.59 Å². The highest BCUT2D eigenvalue weighted by molar-refractivity contribution is 7.99. The second-order valence-electron chi connectivity index (χ2n) is 10.1. The monoisotopic (exact) mass is 620 g/mol. The molecule has 1 saturated heterocycles. The van der Waals surface area contributed by atoms with E-state index in [2.05, 4.69) is 10.6 Å². The van der Waals surface area contributed by atoms with Crippen LogP contribution in [0.15, 0.2) is 48.5 Å². The van der Waals surface area contributed by atoms with Crippen molar-refractivity contribution in [2.24, 2.45) is 0 Å². The van der Waals surface area contributed by atoms with Crippen LogP contribution in [-0.4, -0.2) is 106 Å². The van der Waals surface area contributed by atoms with Gasteiger partial charge in [-0.2, -0.15) is 11.8 Å². The van der Waals surface area contributed by atoms with E-state index >= 15 is 0 Å². The molecule has 1 fully saturated rings. The van der Waals surface area contributed by atoms with Crippen LogP contribution in [0.4, 0.5) is 0 Å². The normalized spacial score (nSPS) is 23.2. The predicted octanol–water partition coefficient (Wildman–Crippen LogP) is 1.19. The number of thioether (sulfide) groups is 1. The summed E-state index contributed by atoms with van der Waals surface area (Å²) in [4.78, 5) is 37.5. The first-order chi connectivity index (χ1) is 20.5. The summed E-state index contributed by atoms with van der Waals surface area (Å²) in [6.45, 7) is 2.90. The van der Waals surface area contributed by atoms with Gasteiger partial charge in [-0.05, 0) is 53.3 Å². The van der Waals surface area contributed by atoms with E-state index in [0.29, 0.717) is 12.0 Å².